The van der Waals surface area contributed by atoms with Crippen LogP contribution in [0.4, 0.5) is 0 Å². The first kappa shape index (κ1) is 33.7. The second kappa shape index (κ2) is 16.2. The molecule has 1 heterocycles. The van der Waals surface area contributed by atoms with Crippen molar-refractivity contribution in [1.29, 1.82) is 0 Å². The number of methoxy groups -OCH3 is 1. The van der Waals surface area contributed by atoms with Gasteiger partial charge in [0.2, 0.25) is 5.91 Å². The molecule has 1 amide bonds. The van der Waals surface area contributed by atoms with Gasteiger partial charge in [0.1, 0.15) is 0 Å². The van der Waals surface area contributed by atoms with Crippen molar-refractivity contribution in [2.75, 3.05) is 19.4 Å². The van der Waals surface area contributed by atoms with E-state index in [2.05, 4.69) is 10.1 Å². The number of aromatic nitrogens is 1. The number of hydrogen-bond acceptors (Lipinski definition) is 7. The molecule has 0 spiro atoms. The molecule has 0 radical (unpaired) electrons. The second-order valence-corrected chi connectivity index (χ2v) is 12.9. The van der Waals surface area contributed by atoms with E-state index in [0.717, 1.165) is 17.5 Å². The number of amides is 1. The molecule has 0 aliphatic rings. The van der Waals surface area contributed by atoms with Crippen molar-refractivity contribution in [2.45, 2.75) is 51.2 Å². The average molecular weight is 629 g/mol. The van der Waals surface area contributed by atoms with Crippen LogP contribution in [0.15, 0.2) is 66.9 Å². The van der Waals surface area contributed by atoms with Crippen LogP contribution in [0.5, 0.6) is 0 Å². The van der Waals surface area contributed by atoms with E-state index >= 15 is 0 Å². The van der Waals surface area contributed by atoms with Crippen molar-refractivity contribution in [3.8, 4) is 0 Å². The lowest BCUT2D eigenvalue weighted by atomic mass is 9.99. The molecular formula is C32H37ClN2O7S. The molecule has 0 fully saturated rings. The highest BCUT2D eigenvalue weighted by molar-refractivity contribution is 7.90. The predicted octanol–water partition coefficient (Wildman–Crippen LogP) is 3.73. The minimum atomic E-state index is -3.77. The van der Waals surface area contributed by atoms with Crippen LogP contribution in [0.2, 0.25) is 5.02 Å². The van der Waals surface area contributed by atoms with E-state index in [9.17, 15) is 28.0 Å². The Morgan fingerprint density at radius 1 is 1.00 bits per heavy atom. The summed E-state index contributed by atoms with van der Waals surface area (Å²) in [7, 11) is -2.47. The highest BCUT2D eigenvalue weighted by Crippen LogP contribution is 2.19. The predicted molar refractivity (Wildman–Crippen MR) is 164 cm³/mol. The number of Topliss-reactive ketones (excluding diaryl/α,β-unsaturated/α-hetero) is 1. The lowest BCUT2D eigenvalue weighted by Gasteiger charge is -2.17. The SMILES string of the molecule is CCc1ccc(Cl)cc1CCC(=O)CNC(=O)C(CCc1cccc[n+]1[O-])CS(=O)(=O)Cc1ccc(CC(=O)OC)cc1. The van der Waals surface area contributed by atoms with Crippen molar-refractivity contribution in [3.63, 3.8) is 0 Å². The Labute approximate surface area is 257 Å². The van der Waals surface area contributed by atoms with E-state index in [4.69, 9.17) is 11.6 Å². The van der Waals surface area contributed by atoms with Gasteiger partial charge < -0.3 is 15.3 Å². The van der Waals surface area contributed by atoms with Crippen molar-refractivity contribution in [2.24, 2.45) is 5.92 Å². The number of nitrogens with zero attached hydrogens (tertiary/aromatic N) is 1. The normalized spacial score (nSPS) is 12.0. The number of esters is 1. The van der Waals surface area contributed by atoms with Gasteiger partial charge in [-0.15, -0.1) is 0 Å². The van der Waals surface area contributed by atoms with E-state index in [1.54, 1.807) is 42.5 Å². The fourth-order valence-corrected chi connectivity index (χ4v) is 6.69. The zero-order chi connectivity index (χ0) is 31.4. The highest BCUT2D eigenvalue weighted by Gasteiger charge is 2.27. The maximum atomic E-state index is 13.2. The van der Waals surface area contributed by atoms with Crippen LogP contribution in [-0.4, -0.2) is 45.5 Å². The largest absolute Gasteiger partial charge is 0.619 e. The molecule has 230 valence electrons. The molecule has 0 aliphatic heterocycles. The van der Waals surface area contributed by atoms with Crippen molar-refractivity contribution in [1.82, 2.24) is 5.32 Å². The Balaban J connectivity index is 1.65. The highest BCUT2D eigenvalue weighted by atomic mass is 35.5. The summed E-state index contributed by atoms with van der Waals surface area (Å²) in [6.45, 7) is 1.79. The van der Waals surface area contributed by atoms with Crippen molar-refractivity contribution >= 4 is 39.1 Å². The number of carbonyl (C=O) groups excluding carboxylic acids is 3. The molecule has 0 bridgehead atoms. The summed E-state index contributed by atoms with van der Waals surface area (Å²) in [6, 6.07) is 17.0. The molecule has 3 aromatic rings. The van der Waals surface area contributed by atoms with Crippen LogP contribution in [-0.2, 0) is 60.4 Å². The third-order valence-corrected chi connectivity index (χ3v) is 9.07. The maximum absolute atomic E-state index is 13.2. The zero-order valence-electron chi connectivity index (χ0n) is 24.4. The minimum absolute atomic E-state index is 0.0720. The number of hydrogen-bond donors (Lipinski definition) is 1. The number of rotatable bonds is 16. The van der Waals surface area contributed by atoms with E-state index in [0.29, 0.717) is 33.0 Å². The van der Waals surface area contributed by atoms with Crippen LogP contribution in [0.3, 0.4) is 0 Å². The molecule has 1 N–H and O–H groups in total. The summed E-state index contributed by atoms with van der Waals surface area (Å²) < 4.78 is 31.7. The molecule has 2 aromatic carbocycles. The third kappa shape index (κ3) is 11.1. The van der Waals surface area contributed by atoms with Crippen LogP contribution in [0, 0.1) is 11.1 Å². The van der Waals surface area contributed by atoms with Crippen LogP contribution in [0.1, 0.15) is 47.7 Å². The van der Waals surface area contributed by atoms with Gasteiger partial charge in [0.05, 0.1) is 37.5 Å². The quantitative estimate of drug-likeness (QED) is 0.145. The first-order chi connectivity index (χ1) is 20.5. The molecule has 3 rings (SSSR count). The number of sulfone groups is 1. The van der Waals surface area contributed by atoms with E-state index in [1.807, 2.05) is 25.1 Å². The minimum Gasteiger partial charge on any atom is -0.619 e. The third-order valence-electron chi connectivity index (χ3n) is 7.15. The summed E-state index contributed by atoms with van der Waals surface area (Å²) >= 11 is 6.12. The molecule has 1 atom stereocenters. The van der Waals surface area contributed by atoms with Crippen LogP contribution >= 0.6 is 11.6 Å². The Morgan fingerprint density at radius 3 is 2.40 bits per heavy atom. The molecule has 9 nitrogen and oxygen atoms in total. The maximum Gasteiger partial charge on any atom is 0.309 e. The van der Waals surface area contributed by atoms with Crippen LogP contribution in [0.25, 0.3) is 0 Å². The molecule has 11 heteroatoms. The fourth-order valence-electron chi connectivity index (χ4n) is 4.75. The Bertz CT molecular complexity index is 1520. The van der Waals surface area contributed by atoms with Gasteiger partial charge >= 0.3 is 5.97 Å². The summed E-state index contributed by atoms with van der Waals surface area (Å²) in [6.07, 6.45) is 3.18. The molecule has 43 heavy (non-hydrogen) atoms. The van der Waals surface area contributed by atoms with Crippen molar-refractivity contribution in [3.05, 3.63) is 105 Å². The molecular weight excluding hydrogens is 592 g/mol. The Hall–Kier alpha value is -3.76. The first-order valence-electron chi connectivity index (χ1n) is 14.1. The number of aryl methyl sites for hydroxylation is 3. The Morgan fingerprint density at radius 2 is 1.72 bits per heavy atom. The number of carbonyl (C=O) groups is 3. The zero-order valence-corrected chi connectivity index (χ0v) is 26.0. The van der Waals surface area contributed by atoms with Gasteiger partial charge in [-0.25, -0.2) is 8.42 Å². The van der Waals surface area contributed by atoms with Gasteiger partial charge in [-0.3, -0.25) is 14.4 Å². The van der Waals surface area contributed by atoms with Gasteiger partial charge in [0.15, 0.2) is 27.5 Å². The second-order valence-electron chi connectivity index (χ2n) is 10.4. The van der Waals surface area contributed by atoms with E-state index < -0.39 is 33.4 Å². The number of benzene rings is 2. The number of nitrogens with one attached hydrogen (secondary N) is 1. The van der Waals surface area contributed by atoms with E-state index in [-0.39, 0.29) is 43.8 Å². The van der Waals surface area contributed by atoms with Gasteiger partial charge in [-0.2, -0.15) is 4.73 Å². The summed E-state index contributed by atoms with van der Waals surface area (Å²) in [5, 5.41) is 15.3. The molecule has 1 aromatic heterocycles. The van der Waals surface area contributed by atoms with Crippen LogP contribution < -0.4 is 10.0 Å². The fraction of sp³-hybridized carbons (Fsp3) is 0.375. The molecule has 0 saturated heterocycles. The summed E-state index contributed by atoms with van der Waals surface area (Å²) in [5.41, 5.74) is 3.68. The number of halogens is 1. The average Bonchev–Trinajstić information content (AvgIpc) is 2.98. The summed E-state index contributed by atoms with van der Waals surface area (Å²) in [5.74, 6) is -2.89. The van der Waals surface area contributed by atoms with Gasteiger partial charge in [-0.05, 0) is 53.6 Å². The lowest BCUT2D eigenvalue weighted by Crippen LogP contribution is -2.39. The molecule has 0 aliphatic carbocycles. The summed E-state index contributed by atoms with van der Waals surface area (Å²) in [4.78, 5) is 37.4. The first-order valence-corrected chi connectivity index (χ1v) is 16.3. The smallest absolute Gasteiger partial charge is 0.309 e. The molecule has 0 saturated carbocycles. The van der Waals surface area contributed by atoms with Gasteiger partial charge in [0.25, 0.3) is 0 Å². The lowest BCUT2D eigenvalue weighted by molar-refractivity contribution is -0.614. The standard InChI is InChI=1S/C32H37ClN2O7S/c1-3-25-11-14-28(33)19-26(25)13-16-30(36)20-34-32(38)27(12-15-29-6-4-5-17-35(29)39)22-43(40,41)21-24-9-7-23(8-10-24)18-31(37)42-2/h4-11,14,17,19,27H,3,12-13,15-16,18,20-22H2,1-2H3,(H,34,38). The molecule has 1 unspecified atom stereocenters. The number of ketones is 1. The van der Waals surface area contributed by atoms with Gasteiger partial charge in [0, 0.05) is 30.0 Å². The van der Waals surface area contributed by atoms with E-state index in [1.165, 1.54) is 13.3 Å². The topological polar surface area (TPSA) is 134 Å². The monoisotopic (exact) mass is 628 g/mol. The number of ether oxygens (including phenoxy) is 1. The Kier molecular flexibility index (Phi) is 12.7. The van der Waals surface area contributed by atoms with Crippen molar-refractivity contribution < 1.29 is 32.3 Å². The van der Waals surface area contributed by atoms with Gasteiger partial charge in [-0.1, -0.05) is 54.9 Å². The number of pyridine rings is 1.